The summed E-state index contributed by atoms with van der Waals surface area (Å²) >= 11 is 1.50. The van der Waals surface area contributed by atoms with Crippen LogP contribution in [0.4, 0.5) is 4.79 Å². The molecule has 2 aliphatic rings. The summed E-state index contributed by atoms with van der Waals surface area (Å²) in [4.78, 5) is 54.6. The Kier molecular flexibility index (Phi) is 8.69. The van der Waals surface area contributed by atoms with Gasteiger partial charge in [0.25, 0.3) is 0 Å². The number of thioether (sulfide) groups is 1. The maximum Gasteiger partial charge on any atom is 0.410 e. The number of fused-ring (bicyclic) bond motifs is 1. The first-order valence-corrected chi connectivity index (χ1v) is 13.3. The number of rotatable bonds is 7. The fourth-order valence-electron chi connectivity index (χ4n) is 4.50. The first-order chi connectivity index (χ1) is 16.5. The summed E-state index contributed by atoms with van der Waals surface area (Å²) < 4.78 is 5.51. The molecule has 1 aromatic rings. The smallest absolute Gasteiger partial charge is 0.410 e. The Hall–Kier alpha value is -2.75. The molecule has 3 amide bonds. The number of carbonyl (C=O) groups excluding carboxylic acids is 3. The van der Waals surface area contributed by atoms with Crippen LogP contribution in [0.5, 0.6) is 0 Å². The SMILES string of the molecule is CSCC[C@H](NC(=O)[C@H]1Cc2ccccc2CN1C(=O)[C@@H]1CCCN1C(=O)OC(C)(C)C)C(=O)O. The van der Waals surface area contributed by atoms with Crippen molar-refractivity contribution in [2.24, 2.45) is 0 Å². The molecule has 3 atom stereocenters. The summed E-state index contributed by atoms with van der Waals surface area (Å²) in [6.07, 6.45) is 3.03. The molecular weight excluding hydrogens is 470 g/mol. The minimum absolute atomic E-state index is 0.217. The van der Waals surface area contributed by atoms with E-state index in [-0.39, 0.29) is 25.3 Å². The van der Waals surface area contributed by atoms with Gasteiger partial charge in [0, 0.05) is 19.5 Å². The number of ether oxygens (including phenoxy) is 1. The molecule has 0 aliphatic carbocycles. The van der Waals surface area contributed by atoms with Gasteiger partial charge in [-0.1, -0.05) is 24.3 Å². The highest BCUT2D eigenvalue weighted by molar-refractivity contribution is 7.98. The second kappa shape index (κ2) is 11.3. The van der Waals surface area contributed by atoms with E-state index in [4.69, 9.17) is 4.74 Å². The monoisotopic (exact) mass is 505 g/mol. The lowest BCUT2D eigenvalue weighted by Gasteiger charge is -2.39. The van der Waals surface area contributed by atoms with Crippen LogP contribution in [-0.2, 0) is 32.1 Å². The molecule has 2 heterocycles. The molecule has 0 bridgehead atoms. The van der Waals surface area contributed by atoms with Gasteiger partial charge in [0.05, 0.1) is 0 Å². The number of hydrogen-bond donors (Lipinski definition) is 2. The minimum atomic E-state index is -1.10. The van der Waals surface area contributed by atoms with Gasteiger partial charge in [-0.3, -0.25) is 14.5 Å². The lowest BCUT2D eigenvalue weighted by Crippen LogP contribution is -2.59. The molecule has 2 N–H and O–H groups in total. The first kappa shape index (κ1) is 26.8. The second-order valence-electron chi connectivity index (χ2n) is 9.97. The fourth-order valence-corrected chi connectivity index (χ4v) is 4.98. The maximum absolute atomic E-state index is 13.8. The van der Waals surface area contributed by atoms with E-state index in [0.717, 1.165) is 11.1 Å². The van der Waals surface area contributed by atoms with Gasteiger partial charge in [0.15, 0.2) is 0 Å². The highest BCUT2D eigenvalue weighted by Gasteiger charge is 2.43. The van der Waals surface area contributed by atoms with Crippen LogP contribution in [0.1, 0.15) is 51.2 Å². The van der Waals surface area contributed by atoms with Crippen LogP contribution < -0.4 is 5.32 Å². The predicted octanol–water partition coefficient (Wildman–Crippen LogP) is 2.66. The van der Waals surface area contributed by atoms with Crippen molar-refractivity contribution in [2.75, 3.05) is 18.6 Å². The molecular formula is C25H35N3O6S. The Balaban J connectivity index is 1.85. The molecule has 9 nitrogen and oxygen atoms in total. The van der Waals surface area contributed by atoms with E-state index in [1.807, 2.05) is 30.5 Å². The summed E-state index contributed by atoms with van der Waals surface area (Å²) in [7, 11) is 0. The standard InChI is InChI=1S/C25H35N3O6S/c1-25(2,3)34-24(33)27-12-7-10-19(27)22(30)28-15-17-9-6-5-8-16(17)14-20(28)21(29)26-18(23(31)32)11-13-35-4/h5-6,8-9,18-20H,7,10-15H2,1-4H3,(H,26,29)(H,31,32)/t18-,19-,20+/m0/s1. The molecule has 1 saturated heterocycles. The van der Waals surface area contributed by atoms with Gasteiger partial charge in [-0.15, -0.1) is 0 Å². The zero-order chi connectivity index (χ0) is 25.8. The van der Waals surface area contributed by atoms with Crippen LogP contribution >= 0.6 is 11.8 Å². The van der Waals surface area contributed by atoms with Crippen LogP contribution in [0.25, 0.3) is 0 Å². The highest BCUT2D eigenvalue weighted by atomic mass is 32.2. The van der Waals surface area contributed by atoms with Crippen molar-refractivity contribution in [3.05, 3.63) is 35.4 Å². The van der Waals surface area contributed by atoms with Gasteiger partial charge in [-0.2, -0.15) is 11.8 Å². The Bertz CT molecular complexity index is 963. The lowest BCUT2D eigenvalue weighted by molar-refractivity contribution is -0.147. The summed E-state index contributed by atoms with van der Waals surface area (Å²) in [5, 5.41) is 12.2. The van der Waals surface area contributed by atoms with Crippen molar-refractivity contribution in [1.82, 2.24) is 15.1 Å². The van der Waals surface area contributed by atoms with Crippen LogP contribution in [-0.4, -0.2) is 81.1 Å². The lowest BCUT2D eigenvalue weighted by atomic mass is 9.92. The number of hydrogen-bond acceptors (Lipinski definition) is 6. The van der Waals surface area contributed by atoms with E-state index >= 15 is 0 Å². The van der Waals surface area contributed by atoms with E-state index < -0.39 is 41.7 Å². The average molecular weight is 506 g/mol. The van der Waals surface area contributed by atoms with Gasteiger partial charge < -0.3 is 20.1 Å². The number of nitrogens with one attached hydrogen (secondary N) is 1. The van der Waals surface area contributed by atoms with Crippen LogP contribution in [0.15, 0.2) is 24.3 Å². The van der Waals surface area contributed by atoms with Gasteiger partial charge in [0.2, 0.25) is 11.8 Å². The molecule has 0 aromatic heterocycles. The third-order valence-corrected chi connectivity index (χ3v) is 6.87. The summed E-state index contributed by atoms with van der Waals surface area (Å²) in [5.74, 6) is -1.34. The molecule has 0 radical (unpaired) electrons. The van der Waals surface area contributed by atoms with E-state index in [0.29, 0.717) is 25.1 Å². The Morgan fingerprint density at radius 2 is 1.83 bits per heavy atom. The van der Waals surface area contributed by atoms with E-state index in [2.05, 4.69) is 5.32 Å². The molecule has 1 aromatic carbocycles. The topological polar surface area (TPSA) is 116 Å². The number of carboxylic acids is 1. The summed E-state index contributed by atoms with van der Waals surface area (Å²) in [6.45, 7) is 5.94. The number of likely N-dealkylation sites (tertiary alicyclic amines) is 1. The molecule has 2 aliphatic heterocycles. The Labute approximate surface area is 210 Å². The molecule has 1 fully saturated rings. The summed E-state index contributed by atoms with van der Waals surface area (Å²) in [5.41, 5.74) is 1.19. The van der Waals surface area contributed by atoms with E-state index in [9.17, 15) is 24.3 Å². The number of amides is 3. The van der Waals surface area contributed by atoms with Gasteiger partial charge in [-0.05, 0) is 63.2 Å². The van der Waals surface area contributed by atoms with Crippen molar-refractivity contribution in [3.8, 4) is 0 Å². The minimum Gasteiger partial charge on any atom is -0.480 e. The third-order valence-electron chi connectivity index (χ3n) is 6.23. The number of nitrogens with zero attached hydrogens (tertiary/aromatic N) is 2. The van der Waals surface area contributed by atoms with Gasteiger partial charge in [0.1, 0.15) is 23.7 Å². The molecule has 35 heavy (non-hydrogen) atoms. The molecule has 0 saturated carbocycles. The second-order valence-corrected chi connectivity index (χ2v) is 11.0. The van der Waals surface area contributed by atoms with Crippen LogP contribution in [0, 0.1) is 0 Å². The molecule has 3 rings (SSSR count). The van der Waals surface area contributed by atoms with E-state index in [1.54, 1.807) is 20.8 Å². The number of benzene rings is 1. The normalized spacial score (nSPS) is 20.7. The Morgan fingerprint density at radius 3 is 2.46 bits per heavy atom. The van der Waals surface area contributed by atoms with Crippen LogP contribution in [0.3, 0.4) is 0 Å². The zero-order valence-corrected chi connectivity index (χ0v) is 21.6. The maximum atomic E-state index is 13.8. The predicted molar refractivity (Wildman–Crippen MR) is 133 cm³/mol. The van der Waals surface area contributed by atoms with Crippen LogP contribution in [0.2, 0.25) is 0 Å². The summed E-state index contributed by atoms with van der Waals surface area (Å²) in [6, 6.07) is 4.98. The quantitative estimate of drug-likeness (QED) is 0.585. The van der Waals surface area contributed by atoms with Gasteiger partial charge >= 0.3 is 12.1 Å². The molecule has 192 valence electrons. The Morgan fingerprint density at radius 1 is 1.14 bits per heavy atom. The average Bonchev–Trinajstić information content (AvgIpc) is 3.29. The van der Waals surface area contributed by atoms with Crippen molar-refractivity contribution in [2.45, 2.75) is 76.7 Å². The van der Waals surface area contributed by atoms with Crippen molar-refractivity contribution >= 4 is 35.6 Å². The largest absolute Gasteiger partial charge is 0.480 e. The molecule has 0 spiro atoms. The molecule has 0 unspecified atom stereocenters. The third kappa shape index (κ3) is 6.68. The fraction of sp³-hybridized carbons (Fsp3) is 0.600. The number of aliphatic carboxylic acids is 1. The van der Waals surface area contributed by atoms with Crippen molar-refractivity contribution in [3.63, 3.8) is 0 Å². The number of carbonyl (C=O) groups is 4. The van der Waals surface area contributed by atoms with Crippen molar-refractivity contribution in [1.29, 1.82) is 0 Å². The first-order valence-electron chi connectivity index (χ1n) is 11.9. The highest BCUT2D eigenvalue weighted by Crippen LogP contribution is 2.28. The van der Waals surface area contributed by atoms with Crippen molar-refractivity contribution < 1.29 is 29.0 Å². The van der Waals surface area contributed by atoms with Gasteiger partial charge in [-0.25, -0.2) is 9.59 Å². The number of carboxylic acid groups (broad SMARTS) is 1. The van der Waals surface area contributed by atoms with E-state index in [1.165, 1.54) is 21.6 Å². The molecule has 10 heteroatoms. The zero-order valence-electron chi connectivity index (χ0n) is 20.8.